The minimum absolute atomic E-state index is 0.0141. The van der Waals surface area contributed by atoms with Gasteiger partial charge in [0.2, 0.25) is 0 Å². The summed E-state index contributed by atoms with van der Waals surface area (Å²) in [6, 6.07) is 15.3. The first kappa shape index (κ1) is 14.6. The van der Waals surface area contributed by atoms with Crippen LogP contribution in [-0.4, -0.2) is 12.1 Å². The third-order valence-electron chi connectivity index (χ3n) is 2.66. The first-order valence-corrected chi connectivity index (χ1v) is 6.58. The van der Waals surface area contributed by atoms with Crippen LogP contribution >= 0.6 is 0 Å². The lowest BCUT2D eigenvalue weighted by atomic mass is 10.1. The van der Waals surface area contributed by atoms with E-state index in [1.807, 2.05) is 26.0 Å². The van der Waals surface area contributed by atoms with Gasteiger partial charge in [-0.25, -0.2) is 4.79 Å². The average molecular weight is 281 g/mol. The van der Waals surface area contributed by atoms with Gasteiger partial charge in [0.1, 0.15) is 0 Å². The number of para-hydroxylation sites is 2. The number of hydrogen-bond donors (Lipinski definition) is 0. The van der Waals surface area contributed by atoms with Crippen LogP contribution in [0, 0.1) is 11.3 Å². The third-order valence-corrected chi connectivity index (χ3v) is 2.66. The lowest BCUT2D eigenvalue weighted by molar-refractivity contribution is 0.0725. The zero-order chi connectivity index (χ0) is 15.2. The third kappa shape index (κ3) is 3.83. The Hall–Kier alpha value is -2.80. The molecule has 0 saturated carbocycles. The van der Waals surface area contributed by atoms with Crippen LogP contribution in [-0.2, 0) is 0 Å². The highest BCUT2D eigenvalue weighted by molar-refractivity contribution is 5.91. The number of nitrogens with zero attached hydrogens (tertiary/aromatic N) is 1. The van der Waals surface area contributed by atoms with Crippen molar-refractivity contribution in [3.05, 3.63) is 59.7 Å². The molecule has 106 valence electrons. The fourth-order valence-electron chi connectivity index (χ4n) is 1.73. The predicted molar refractivity (Wildman–Crippen MR) is 78.3 cm³/mol. The van der Waals surface area contributed by atoms with Crippen molar-refractivity contribution in [2.24, 2.45) is 0 Å². The van der Waals surface area contributed by atoms with E-state index in [9.17, 15) is 4.79 Å². The maximum absolute atomic E-state index is 12.1. The molecule has 0 atom stereocenters. The summed E-state index contributed by atoms with van der Waals surface area (Å²) in [7, 11) is 0. The summed E-state index contributed by atoms with van der Waals surface area (Å²) in [6.45, 7) is 3.80. The number of nitriles is 1. The van der Waals surface area contributed by atoms with Gasteiger partial charge in [-0.05, 0) is 50.2 Å². The van der Waals surface area contributed by atoms with Gasteiger partial charge in [-0.1, -0.05) is 12.1 Å². The SMILES string of the molecule is CC(C)Oc1ccccc1OC(=O)c1ccc(C#N)cc1. The largest absolute Gasteiger partial charge is 0.487 e. The maximum Gasteiger partial charge on any atom is 0.343 e. The molecule has 0 amide bonds. The molecule has 0 aliphatic rings. The molecule has 4 heteroatoms. The number of ether oxygens (including phenoxy) is 2. The summed E-state index contributed by atoms with van der Waals surface area (Å²) in [5, 5.41) is 8.74. The smallest absolute Gasteiger partial charge is 0.343 e. The molecule has 0 bridgehead atoms. The fourth-order valence-corrected chi connectivity index (χ4v) is 1.73. The van der Waals surface area contributed by atoms with Crippen LogP contribution in [0.4, 0.5) is 0 Å². The van der Waals surface area contributed by atoms with Gasteiger partial charge in [0, 0.05) is 0 Å². The van der Waals surface area contributed by atoms with Crippen LogP contribution < -0.4 is 9.47 Å². The van der Waals surface area contributed by atoms with Crippen molar-refractivity contribution in [2.45, 2.75) is 20.0 Å². The van der Waals surface area contributed by atoms with Gasteiger partial charge in [0.25, 0.3) is 0 Å². The van der Waals surface area contributed by atoms with Crippen LogP contribution in [0.1, 0.15) is 29.8 Å². The topological polar surface area (TPSA) is 59.3 Å². The van der Waals surface area contributed by atoms with E-state index < -0.39 is 5.97 Å². The first-order valence-electron chi connectivity index (χ1n) is 6.58. The molecule has 4 nitrogen and oxygen atoms in total. The molecular weight excluding hydrogens is 266 g/mol. The lowest BCUT2D eigenvalue weighted by Crippen LogP contribution is -2.11. The van der Waals surface area contributed by atoms with E-state index in [0.29, 0.717) is 22.6 Å². The normalized spacial score (nSPS) is 10.0. The number of carbonyl (C=O) groups excluding carboxylic acids is 1. The van der Waals surface area contributed by atoms with Crippen molar-refractivity contribution in [3.8, 4) is 17.6 Å². The van der Waals surface area contributed by atoms with Gasteiger partial charge in [-0.2, -0.15) is 5.26 Å². The second-order valence-corrected chi connectivity index (χ2v) is 4.69. The minimum Gasteiger partial charge on any atom is -0.487 e. The molecule has 0 heterocycles. The Morgan fingerprint density at radius 1 is 1.05 bits per heavy atom. The number of rotatable bonds is 4. The molecule has 2 aromatic rings. The molecule has 2 aromatic carbocycles. The van der Waals surface area contributed by atoms with E-state index in [1.54, 1.807) is 42.5 Å². The number of esters is 1. The van der Waals surface area contributed by atoms with Crippen molar-refractivity contribution in [2.75, 3.05) is 0 Å². The predicted octanol–water partition coefficient (Wildman–Crippen LogP) is 3.56. The van der Waals surface area contributed by atoms with Gasteiger partial charge in [-0.3, -0.25) is 0 Å². The summed E-state index contributed by atoms with van der Waals surface area (Å²) in [6.07, 6.45) is -0.0141. The lowest BCUT2D eigenvalue weighted by Gasteiger charge is -2.13. The van der Waals surface area contributed by atoms with E-state index >= 15 is 0 Å². The molecule has 0 aliphatic carbocycles. The van der Waals surface area contributed by atoms with Gasteiger partial charge >= 0.3 is 5.97 Å². The standard InChI is InChI=1S/C17H15NO3/c1-12(2)20-15-5-3-4-6-16(15)21-17(19)14-9-7-13(11-18)8-10-14/h3-10,12H,1-2H3. The van der Waals surface area contributed by atoms with Crippen molar-refractivity contribution in [1.82, 2.24) is 0 Å². The van der Waals surface area contributed by atoms with Crippen molar-refractivity contribution in [3.63, 3.8) is 0 Å². The Morgan fingerprint density at radius 3 is 2.24 bits per heavy atom. The van der Waals surface area contributed by atoms with E-state index in [4.69, 9.17) is 14.7 Å². The Bertz CT molecular complexity index is 669. The van der Waals surface area contributed by atoms with E-state index in [0.717, 1.165) is 0 Å². The molecule has 0 aliphatic heterocycles. The van der Waals surface area contributed by atoms with Crippen LogP contribution in [0.3, 0.4) is 0 Å². The molecule has 21 heavy (non-hydrogen) atoms. The Kier molecular flexibility index (Phi) is 4.57. The molecule has 0 fully saturated rings. The van der Waals surface area contributed by atoms with Crippen LogP contribution in [0.5, 0.6) is 11.5 Å². The Morgan fingerprint density at radius 2 is 1.67 bits per heavy atom. The summed E-state index contributed by atoms with van der Waals surface area (Å²) < 4.78 is 11.0. The number of benzene rings is 2. The Labute approximate surface area is 123 Å². The van der Waals surface area contributed by atoms with Gasteiger partial charge in [-0.15, -0.1) is 0 Å². The molecule has 0 spiro atoms. The molecule has 0 N–H and O–H groups in total. The zero-order valence-corrected chi connectivity index (χ0v) is 11.9. The maximum atomic E-state index is 12.1. The highest BCUT2D eigenvalue weighted by Gasteiger charge is 2.13. The highest BCUT2D eigenvalue weighted by Crippen LogP contribution is 2.28. The monoisotopic (exact) mass is 281 g/mol. The van der Waals surface area contributed by atoms with Crippen molar-refractivity contribution >= 4 is 5.97 Å². The van der Waals surface area contributed by atoms with E-state index in [1.165, 1.54) is 0 Å². The zero-order valence-electron chi connectivity index (χ0n) is 11.9. The number of carbonyl (C=O) groups is 1. The van der Waals surface area contributed by atoms with E-state index in [2.05, 4.69) is 0 Å². The second-order valence-electron chi connectivity index (χ2n) is 4.69. The summed E-state index contributed by atoms with van der Waals surface area (Å²) in [5.74, 6) is 0.411. The van der Waals surface area contributed by atoms with Gasteiger partial charge in [0.05, 0.1) is 23.3 Å². The average Bonchev–Trinajstić information content (AvgIpc) is 2.49. The van der Waals surface area contributed by atoms with E-state index in [-0.39, 0.29) is 6.10 Å². The minimum atomic E-state index is -0.487. The number of hydrogen-bond acceptors (Lipinski definition) is 4. The van der Waals surface area contributed by atoms with Gasteiger partial charge in [0.15, 0.2) is 11.5 Å². The van der Waals surface area contributed by atoms with Crippen LogP contribution in [0.25, 0.3) is 0 Å². The van der Waals surface area contributed by atoms with Crippen molar-refractivity contribution < 1.29 is 14.3 Å². The van der Waals surface area contributed by atoms with Crippen LogP contribution in [0.15, 0.2) is 48.5 Å². The molecule has 0 aromatic heterocycles. The quantitative estimate of drug-likeness (QED) is 0.635. The molecule has 0 unspecified atom stereocenters. The molecule has 0 saturated heterocycles. The summed E-state index contributed by atoms with van der Waals surface area (Å²) in [4.78, 5) is 12.1. The highest BCUT2D eigenvalue weighted by atomic mass is 16.6. The molecule has 2 rings (SSSR count). The second kappa shape index (κ2) is 6.58. The van der Waals surface area contributed by atoms with Gasteiger partial charge < -0.3 is 9.47 Å². The summed E-state index contributed by atoms with van der Waals surface area (Å²) >= 11 is 0. The molecular formula is C17H15NO3. The fraction of sp³-hybridized carbons (Fsp3) is 0.176. The summed E-state index contributed by atoms with van der Waals surface area (Å²) in [5.41, 5.74) is 0.878. The Balaban J connectivity index is 2.17. The first-order chi connectivity index (χ1) is 10.1. The van der Waals surface area contributed by atoms with Crippen molar-refractivity contribution in [1.29, 1.82) is 5.26 Å². The molecule has 0 radical (unpaired) electrons. The van der Waals surface area contributed by atoms with Crippen LogP contribution in [0.2, 0.25) is 0 Å².